The molecule has 5 heteroatoms. The molecule has 1 amide bonds. The molecule has 1 aliphatic carbocycles. The molecule has 1 saturated carbocycles. The molecule has 0 aliphatic heterocycles. The number of rotatable bonds is 6. The third-order valence-electron chi connectivity index (χ3n) is 5.99. The lowest BCUT2D eigenvalue weighted by Crippen LogP contribution is -2.40. The standard InChI is InChI=1S/C24H30N2O3/c1-15(2)16-7-13-19(14-8-16)26-23(27)21-6-4-5-20(22(21)24(28)29)17-9-11-18(25-3)12-10-17/h7-15,20-22,25H,4-6H2,1-3H3,(H,26,27)(H,28,29)/t20-,21-,22-/m0/s1. The highest BCUT2D eigenvalue weighted by molar-refractivity contribution is 5.95. The molecule has 3 rings (SSSR count). The van der Waals surface area contributed by atoms with Crippen molar-refractivity contribution in [1.82, 2.24) is 0 Å². The van der Waals surface area contributed by atoms with Crippen molar-refractivity contribution in [2.45, 2.75) is 44.9 Å². The summed E-state index contributed by atoms with van der Waals surface area (Å²) in [7, 11) is 1.85. The summed E-state index contributed by atoms with van der Waals surface area (Å²) < 4.78 is 0. The SMILES string of the molecule is CNc1ccc([C@@H]2CCC[C@H](C(=O)Nc3ccc(C(C)C)cc3)[C@H]2C(=O)O)cc1. The number of nitrogens with one attached hydrogen (secondary N) is 2. The Morgan fingerprint density at radius 2 is 1.59 bits per heavy atom. The van der Waals surface area contributed by atoms with Gasteiger partial charge < -0.3 is 15.7 Å². The van der Waals surface area contributed by atoms with Crippen LogP contribution in [0.1, 0.15) is 56.1 Å². The predicted molar refractivity (Wildman–Crippen MR) is 116 cm³/mol. The Hall–Kier alpha value is -2.82. The van der Waals surface area contributed by atoms with Gasteiger partial charge in [-0.25, -0.2) is 0 Å². The maximum absolute atomic E-state index is 13.0. The van der Waals surface area contributed by atoms with E-state index in [-0.39, 0.29) is 11.8 Å². The lowest BCUT2D eigenvalue weighted by Gasteiger charge is -2.35. The van der Waals surface area contributed by atoms with E-state index >= 15 is 0 Å². The van der Waals surface area contributed by atoms with Crippen molar-refractivity contribution in [1.29, 1.82) is 0 Å². The van der Waals surface area contributed by atoms with E-state index in [9.17, 15) is 14.7 Å². The number of hydrogen-bond donors (Lipinski definition) is 3. The Morgan fingerprint density at radius 3 is 2.14 bits per heavy atom. The second-order valence-electron chi connectivity index (χ2n) is 8.15. The second-order valence-corrected chi connectivity index (χ2v) is 8.15. The summed E-state index contributed by atoms with van der Waals surface area (Å²) in [5.74, 6) is -2.11. The topological polar surface area (TPSA) is 78.4 Å². The molecule has 1 fully saturated rings. The van der Waals surface area contributed by atoms with Crippen molar-refractivity contribution >= 4 is 23.3 Å². The summed E-state index contributed by atoms with van der Waals surface area (Å²) in [5, 5.41) is 16.0. The predicted octanol–water partition coefficient (Wildman–Crippen LogP) is 5.07. The molecule has 0 heterocycles. The number of aliphatic carboxylic acids is 1. The molecule has 2 aromatic carbocycles. The minimum absolute atomic E-state index is 0.161. The zero-order valence-corrected chi connectivity index (χ0v) is 17.3. The van der Waals surface area contributed by atoms with Gasteiger partial charge in [0.2, 0.25) is 5.91 Å². The van der Waals surface area contributed by atoms with Crippen molar-refractivity contribution in [3.63, 3.8) is 0 Å². The third kappa shape index (κ3) is 4.78. The molecule has 0 spiro atoms. The van der Waals surface area contributed by atoms with Gasteiger partial charge >= 0.3 is 5.97 Å². The number of hydrogen-bond acceptors (Lipinski definition) is 3. The normalized spacial score (nSPS) is 21.6. The van der Waals surface area contributed by atoms with Crippen LogP contribution in [0.5, 0.6) is 0 Å². The Balaban J connectivity index is 1.79. The molecule has 1 aliphatic rings. The van der Waals surface area contributed by atoms with Crippen LogP contribution in [-0.4, -0.2) is 24.0 Å². The van der Waals surface area contributed by atoms with Gasteiger partial charge in [0.05, 0.1) is 11.8 Å². The monoisotopic (exact) mass is 394 g/mol. The zero-order valence-electron chi connectivity index (χ0n) is 17.3. The van der Waals surface area contributed by atoms with Gasteiger partial charge in [0.25, 0.3) is 0 Å². The summed E-state index contributed by atoms with van der Waals surface area (Å²) in [6, 6.07) is 15.6. The van der Waals surface area contributed by atoms with Crippen molar-refractivity contribution in [3.05, 3.63) is 59.7 Å². The summed E-state index contributed by atoms with van der Waals surface area (Å²) in [4.78, 5) is 25.1. The summed E-state index contributed by atoms with van der Waals surface area (Å²) in [6.45, 7) is 4.24. The van der Waals surface area contributed by atoms with E-state index in [1.807, 2.05) is 55.6 Å². The molecule has 3 atom stereocenters. The van der Waals surface area contributed by atoms with Gasteiger partial charge in [0.1, 0.15) is 0 Å². The van der Waals surface area contributed by atoms with Crippen LogP contribution in [0.2, 0.25) is 0 Å². The van der Waals surface area contributed by atoms with E-state index in [2.05, 4.69) is 24.5 Å². The number of benzene rings is 2. The molecule has 0 saturated heterocycles. The average molecular weight is 395 g/mol. The van der Waals surface area contributed by atoms with Crippen LogP contribution in [-0.2, 0) is 9.59 Å². The van der Waals surface area contributed by atoms with Crippen LogP contribution in [0.3, 0.4) is 0 Å². The first-order chi connectivity index (χ1) is 13.9. The van der Waals surface area contributed by atoms with Crippen LogP contribution >= 0.6 is 0 Å². The Labute approximate surface area is 172 Å². The molecule has 0 bridgehead atoms. The van der Waals surface area contributed by atoms with Gasteiger partial charge in [0, 0.05) is 18.4 Å². The van der Waals surface area contributed by atoms with Crippen LogP contribution in [0.15, 0.2) is 48.5 Å². The van der Waals surface area contributed by atoms with Crippen molar-refractivity contribution < 1.29 is 14.7 Å². The number of carbonyl (C=O) groups is 2. The van der Waals surface area contributed by atoms with Gasteiger partial charge in [-0.05, 0) is 60.1 Å². The molecule has 5 nitrogen and oxygen atoms in total. The third-order valence-corrected chi connectivity index (χ3v) is 5.99. The Morgan fingerprint density at radius 1 is 0.966 bits per heavy atom. The first-order valence-corrected chi connectivity index (χ1v) is 10.3. The molecule has 154 valence electrons. The second kappa shape index (κ2) is 9.12. The van der Waals surface area contributed by atoms with E-state index < -0.39 is 17.8 Å². The van der Waals surface area contributed by atoms with Gasteiger partial charge in [-0.3, -0.25) is 9.59 Å². The largest absolute Gasteiger partial charge is 0.481 e. The molecule has 2 aromatic rings. The van der Waals surface area contributed by atoms with Crippen molar-refractivity contribution in [2.24, 2.45) is 11.8 Å². The molecular weight excluding hydrogens is 364 g/mol. The van der Waals surface area contributed by atoms with Crippen molar-refractivity contribution in [2.75, 3.05) is 17.7 Å². The fourth-order valence-corrected chi connectivity index (χ4v) is 4.29. The fraction of sp³-hybridized carbons (Fsp3) is 0.417. The fourth-order valence-electron chi connectivity index (χ4n) is 4.29. The van der Waals surface area contributed by atoms with E-state index in [1.165, 1.54) is 5.56 Å². The Kier molecular flexibility index (Phi) is 6.57. The van der Waals surface area contributed by atoms with E-state index in [4.69, 9.17) is 0 Å². The van der Waals surface area contributed by atoms with E-state index in [1.54, 1.807) is 0 Å². The average Bonchev–Trinajstić information content (AvgIpc) is 2.73. The van der Waals surface area contributed by atoms with Gasteiger partial charge in [-0.2, -0.15) is 0 Å². The smallest absolute Gasteiger partial charge is 0.307 e. The minimum atomic E-state index is -0.900. The minimum Gasteiger partial charge on any atom is -0.481 e. The van der Waals surface area contributed by atoms with Crippen LogP contribution < -0.4 is 10.6 Å². The van der Waals surface area contributed by atoms with E-state index in [0.717, 1.165) is 24.1 Å². The van der Waals surface area contributed by atoms with Gasteiger partial charge in [-0.15, -0.1) is 0 Å². The van der Waals surface area contributed by atoms with Crippen LogP contribution in [0, 0.1) is 11.8 Å². The summed E-state index contributed by atoms with van der Waals surface area (Å²) in [5.41, 5.74) is 3.88. The first kappa shape index (κ1) is 20.9. The zero-order chi connectivity index (χ0) is 21.0. The lowest BCUT2D eigenvalue weighted by atomic mass is 9.69. The van der Waals surface area contributed by atoms with Gasteiger partial charge in [0.15, 0.2) is 0 Å². The molecule has 0 aromatic heterocycles. The highest BCUT2D eigenvalue weighted by Crippen LogP contribution is 2.42. The number of carboxylic acid groups (broad SMARTS) is 1. The highest BCUT2D eigenvalue weighted by Gasteiger charge is 2.42. The summed E-state index contributed by atoms with van der Waals surface area (Å²) in [6.07, 6.45) is 2.22. The number of amides is 1. The quantitative estimate of drug-likeness (QED) is 0.639. The van der Waals surface area contributed by atoms with Crippen LogP contribution in [0.25, 0.3) is 0 Å². The number of carboxylic acids is 1. The summed E-state index contributed by atoms with van der Waals surface area (Å²) >= 11 is 0. The number of carbonyl (C=O) groups excluding carboxylic acids is 1. The molecule has 29 heavy (non-hydrogen) atoms. The van der Waals surface area contributed by atoms with Gasteiger partial charge in [-0.1, -0.05) is 44.5 Å². The maximum Gasteiger partial charge on any atom is 0.307 e. The number of anilines is 2. The highest BCUT2D eigenvalue weighted by atomic mass is 16.4. The Bertz CT molecular complexity index is 843. The van der Waals surface area contributed by atoms with E-state index in [0.29, 0.717) is 18.0 Å². The van der Waals surface area contributed by atoms with Crippen LogP contribution in [0.4, 0.5) is 11.4 Å². The molecule has 3 N–H and O–H groups in total. The maximum atomic E-state index is 13.0. The van der Waals surface area contributed by atoms with Crippen molar-refractivity contribution in [3.8, 4) is 0 Å². The first-order valence-electron chi connectivity index (χ1n) is 10.3. The lowest BCUT2D eigenvalue weighted by molar-refractivity contribution is -0.148. The molecule has 0 unspecified atom stereocenters. The molecule has 0 radical (unpaired) electrons. The molecular formula is C24H30N2O3.